The Kier molecular flexibility index (Phi) is 4.31. The molecule has 0 bridgehead atoms. The van der Waals surface area contributed by atoms with Gasteiger partial charge in [-0.2, -0.15) is 0 Å². The zero-order valence-electron chi connectivity index (χ0n) is 11.9. The van der Waals surface area contributed by atoms with Gasteiger partial charge in [0.2, 0.25) is 0 Å². The molecule has 3 N–H and O–H groups in total. The van der Waals surface area contributed by atoms with Crippen molar-refractivity contribution < 1.29 is 29.0 Å². The van der Waals surface area contributed by atoms with E-state index in [-0.39, 0.29) is 11.4 Å². The van der Waals surface area contributed by atoms with E-state index in [0.29, 0.717) is 11.3 Å². The maximum absolute atomic E-state index is 11.6. The zero-order valence-corrected chi connectivity index (χ0v) is 11.9. The molecule has 0 unspecified atom stereocenters. The number of carboxylic acid groups (broad SMARTS) is 1. The number of amides is 3. The molecule has 1 fully saturated rings. The zero-order chi connectivity index (χ0) is 16.3. The van der Waals surface area contributed by atoms with Gasteiger partial charge >= 0.3 is 12.0 Å². The third kappa shape index (κ3) is 3.17. The summed E-state index contributed by atoms with van der Waals surface area (Å²) in [5, 5.41) is 13.4. The number of carboxylic acids is 1. The van der Waals surface area contributed by atoms with E-state index in [0.717, 1.165) is 0 Å². The normalized spacial score (nSPS) is 16.9. The van der Waals surface area contributed by atoms with Gasteiger partial charge in [0.15, 0.2) is 17.6 Å². The summed E-state index contributed by atoms with van der Waals surface area (Å²) in [6.45, 7) is 1.37. The summed E-state index contributed by atoms with van der Waals surface area (Å²) in [6, 6.07) is 4.23. The molecule has 0 saturated carbocycles. The monoisotopic (exact) mass is 306 g/mol. The number of methoxy groups -OCH3 is 1. The number of hydrogen-bond donors (Lipinski definition) is 3. The SMILES string of the molecule is COc1cccc(/C=C2/NC(=O)NC2=O)c1O[C@H](C)C(=O)O. The smallest absolute Gasteiger partial charge is 0.344 e. The van der Waals surface area contributed by atoms with Crippen molar-refractivity contribution in [2.45, 2.75) is 13.0 Å². The molecule has 1 aliphatic heterocycles. The number of nitrogens with one attached hydrogen (secondary N) is 2. The Balaban J connectivity index is 2.43. The average Bonchev–Trinajstić information content (AvgIpc) is 2.78. The average molecular weight is 306 g/mol. The number of benzene rings is 1. The molecule has 8 nitrogen and oxygen atoms in total. The van der Waals surface area contributed by atoms with E-state index in [1.807, 2.05) is 0 Å². The summed E-state index contributed by atoms with van der Waals surface area (Å²) in [5.41, 5.74) is 0.436. The third-order valence-corrected chi connectivity index (χ3v) is 2.89. The molecule has 1 aromatic carbocycles. The van der Waals surface area contributed by atoms with Crippen LogP contribution in [-0.2, 0) is 9.59 Å². The molecule has 116 valence electrons. The van der Waals surface area contributed by atoms with Crippen LogP contribution in [0.25, 0.3) is 6.08 Å². The fourth-order valence-corrected chi connectivity index (χ4v) is 1.80. The van der Waals surface area contributed by atoms with Gasteiger partial charge in [-0.05, 0) is 19.1 Å². The standard InChI is InChI=1S/C14H14N2O6/c1-7(13(18)19)22-11-8(4-3-5-10(11)21-2)6-9-12(17)16-14(20)15-9/h3-7H,1-2H3,(H,18,19)(H2,15,16,17,20)/b9-6+/t7-/m1/s1. The minimum Gasteiger partial charge on any atom is -0.493 e. The van der Waals surface area contributed by atoms with Crippen LogP contribution < -0.4 is 20.1 Å². The lowest BCUT2D eigenvalue weighted by Crippen LogP contribution is -2.23. The number of aliphatic carboxylic acids is 1. The van der Waals surface area contributed by atoms with Gasteiger partial charge in [-0.1, -0.05) is 12.1 Å². The van der Waals surface area contributed by atoms with Crippen LogP contribution in [0.3, 0.4) is 0 Å². The number of para-hydroxylation sites is 1. The van der Waals surface area contributed by atoms with Crippen molar-refractivity contribution in [1.82, 2.24) is 10.6 Å². The van der Waals surface area contributed by atoms with Crippen molar-refractivity contribution in [3.05, 3.63) is 29.5 Å². The van der Waals surface area contributed by atoms with E-state index in [1.54, 1.807) is 18.2 Å². The first kappa shape index (κ1) is 15.4. The van der Waals surface area contributed by atoms with E-state index in [2.05, 4.69) is 10.6 Å². The first-order valence-corrected chi connectivity index (χ1v) is 6.33. The maximum atomic E-state index is 11.6. The van der Waals surface area contributed by atoms with E-state index >= 15 is 0 Å². The third-order valence-electron chi connectivity index (χ3n) is 2.89. The molecule has 0 aromatic heterocycles. The second kappa shape index (κ2) is 6.17. The van der Waals surface area contributed by atoms with Crippen LogP contribution in [0.4, 0.5) is 4.79 Å². The number of rotatable bonds is 5. The van der Waals surface area contributed by atoms with Gasteiger partial charge in [0.1, 0.15) is 5.70 Å². The Morgan fingerprint density at radius 3 is 2.59 bits per heavy atom. The number of urea groups is 1. The van der Waals surface area contributed by atoms with Gasteiger partial charge in [-0.3, -0.25) is 10.1 Å². The number of carbonyl (C=O) groups excluding carboxylic acids is 2. The fraction of sp³-hybridized carbons (Fsp3) is 0.214. The van der Waals surface area contributed by atoms with Crippen molar-refractivity contribution >= 4 is 24.0 Å². The van der Waals surface area contributed by atoms with E-state index in [9.17, 15) is 14.4 Å². The van der Waals surface area contributed by atoms with Crippen molar-refractivity contribution in [2.75, 3.05) is 7.11 Å². The highest BCUT2D eigenvalue weighted by molar-refractivity contribution is 6.14. The lowest BCUT2D eigenvalue weighted by Gasteiger charge is -2.16. The van der Waals surface area contributed by atoms with E-state index in [1.165, 1.54) is 20.1 Å². The van der Waals surface area contributed by atoms with Crippen LogP contribution >= 0.6 is 0 Å². The molecule has 1 saturated heterocycles. The molecular formula is C14H14N2O6. The van der Waals surface area contributed by atoms with Gasteiger partial charge in [0, 0.05) is 5.56 Å². The largest absolute Gasteiger partial charge is 0.493 e. The summed E-state index contributed by atoms with van der Waals surface area (Å²) in [5.74, 6) is -1.24. The summed E-state index contributed by atoms with van der Waals surface area (Å²) >= 11 is 0. The molecule has 0 aliphatic carbocycles. The van der Waals surface area contributed by atoms with Gasteiger partial charge < -0.3 is 19.9 Å². The van der Waals surface area contributed by atoms with Crippen molar-refractivity contribution in [3.8, 4) is 11.5 Å². The van der Waals surface area contributed by atoms with Crippen LogP contribution in [0.2, 0.25) is 0 Å². The summed E-state index contributed by atoms with van der Waals surface area (Å²) in [6.07, 6.45) is 0.271. The second-order valence-electron chi connectivity index (χ2n) is 4.44. The Bertz CT molecular complexity index is 667. The highest BCUT2D eigenvalue weighted by Crippen LogP contribution is 2.33. The predicted molar refractivity (Wildman–Crippen MR) is 75.4 cm³/mol. The Hall–Kier alpha value is -3.03. The molecule has 1 aliphatic rings. The van der Waals surface area contributed by atoms with E-state index < -0.39 is 24.0 Å². The molecule has 8 heteroatoms. The Morgan fingerprint density at radius 2 is 2.05 bits per heavy atom. The first-order valence-electron chi connectivity index (χ1n) is 6.33. The van der Waals surface area contributed by atoms with Gasteiger partial charge in [0.25, 0.3) is 5.91 Å². The molecular weight excluding hydrogens is 292 g/mol. The summed E-state index contributed by atoms with van der Waals surface area (Å²) in [7, 11) is 1.41. The number of imide groups is 1. The molecule has 1 aromatic rings. The number of hydrogen-bond acceptors (Lipinski definition) is 5. The predicted octanol–water partition coefficient (Wildman–Crippen LogP) is 0.727. The molecule has 1 atom stereocenters. The fourth-order valence-electron chi connectivity index (χ4n) is 1.80. The van der Waals surface area contributed by atoms with Crippen LogP contribution in [0.5, 0.6) is 11.5 Å². The molecule has 0 spiro atoms. The molecule has 22 heavy (non-hydrogen) atoms. The van der Waals surface area contributed by atoms with Crippen LogP contribution in [0.1, 0.15) is 12.5 Å². The highest BCUT2D eigenvalue weighted by Gasteiger charge is 2.24. The summed E-state index contributed by atoms with van der Waals surface area (Å²) in [4.78, 5) is 33.6. The van der Waals surface area contributed by atoms with Crippen molar-refractivity contribution in [1.29, 1.82) is 0 Å². The van der Waals surface area contributed by atoms with Crippen LogP contribution in [0.15, 0.2) is 23.9 Å². The summed E-state index contributed by atoms with van der Waals surface area (Å²) < 4.78 is 10.5. The minimum atomic E-state index is -1.14. The molecule has 0 radical (unpaired) electrons. The van der Waals surface area contributed by atoms with Gasteiger partial charge in [-0.15, -0.1) is 0 Å². The molecule has 2 rings (SSSR count). The lowest BCUT2D eigenvalue weighted by atomic mass is 10.1. The minimum absolute atomic E-state index is 0.0334. The Morgan fingerprint density at radius 1 is 1.32 bits per heavy atom. The highest BCUT2D eigenvalue weighted by atomic mass is 16.5. The first-order chi connectivity index (χ1) is 10.4. The number of carbonyl (C=O) groups is 3. The van der Waals surface area contributed by atoms with Crippen molar-refractivity contribution in [3.63, 3.8) is 0 Å². The van der Waals surface area contributed by atoms with Crippen LogP contribution in [0, 0.1) is 0 Å². The van der Waals surface area contributed by atoms with Crippen LogP contribution in [-0.4, -0.2) is 36.2 Å². The van der Waals surface area contributed by atoms with E-state index in [4.69, 9.17) is 14.6 Å². The molecule has 1 heterocycles. The number of ether oxygens (including phenoxy) is 2. The quantitative estimate of drug-likeness (QED) is 0.546. The maximum Gasteiger partial charge on any atom is 0.344 e. The van der Waals surface area contributed by atoms with Crippen molar-refractivity contribution in [2.24, 2.45) is 0 Å². The lowest BCUT2D eigenvalue weighted by molar-refractivity contribution is -0.144. The molecule has 3 amide bonds. The Labute approximate surface area is 125 Å². The van der Waals surface area contributed by atoms with Gasteiger partial charge in [-0.25, -0.2) is 9.59 Å². The van der Waals surface area contributed by atoms with Gasteiger partial charge in [0.05, 0.1) is 7.11 Å². The second-order valence-corrected chi connectivity index (χ2v) is 4.44. The topological polar surface area (TPSA) is 114 Å².